The largest absolute Gasteiger partial charge is 0.393 e. The Morgan fingerprint density at radius 1 is 1.22 bits per heavy atom. The fraction of sp³-hybridized carbons (Fsp3) is 0.850. The Hall–Kier alpha value is -0.670. The molecule has 0 bridgehead atoms. The van der Waals surface area contributed by atoms with Crippen LogP contribution < -0.4 is 0 Å². The Bertz CT molecular complexity index is 539. The van der Waals surface area contributed by atoms with Gasteiger partial charge in [-0.05, 0) is 43.4 Å². The minimum atomic E-state index is -0.616. The summed E-state index contributed by atoms with van der Waals surface area (Å²) in [7, 11) is 0. The van der Waals surface area contributed by atoms with Crippen LogP contribution in [0.4, 0.5) is 0 Å². The number of hydrogen-bond acceptors (Lipinski definition) is 3. The van der Waals surface area contributed by atoms with E-state index in [-0.39, 0.29) is 22.7 Å². The first kappa shape index (κ1) is 17.2. The van der Waals surface area contributed by atoms with Crippen molar-refractivity contribution in [2.24, 2.45) is 22.7 Å². The van der Waals surface area contributed by atoms with E-state index in [4.69, 9.17) is 4.74 Å². The highest BCUT2D eigenvalue weighted by Crippen LogP contribution is 2.64. The molecule has 3 fully saturated rings. The van der Waals surface area contributed by atoms with Crippen molar-refractivity contribution >= 4 is 5.78 Å². The predicted molar refractivity (Wildman–Crippen MR) is 91.1 cm³/mol. The van der Waals surface area contributed by atoms with Gasteiger partial charge in [-0.1, -0.05) is 33.3 Å². The first-order valence-electron chi connectivity index (χ1n) is 9.02. The maximum absolute atomic E-state index is 13.2. The quantitative estimate of drug-likeness (QED) is 0.746. The summed E-state index contributed by atoms with van der Waals surface area (Å²) >= 11 is 0. The van der Waals surface area contributed by atoms with Crippen molar-refractivity contribution in [3.8, 4) is 0 Å². The van der Waals surface area contributed by atoms with Crippen LogP contribution in [-0.2, 0) is 9.53 Å². The van der Waals surface area contributed by atoms with Crippen molar-refractivity contribution in [3.63, 3.8) is 0 Å². The maximum Gasteiger partial charge on any atom is 0.142 e. The van der Waals surface area contributed by atoms with E-state index >= 15 is 0 Å². The lowest BCUT2D eigenvalue weighted by molar-refractivity contribution is -0.263. The molecule has 0 aromatic rings. The van der Waals surface area contributed by atoms with Crippen LogP contribution in [0.1, 0.15) is 66.7 Å². The zero-order valence-electron chi connectivity index (χ0n) is 15.3. The highest BCUT2D eigenvalue weighted by Gasteiger charge is 2.66. The number of ketones is 1. The molecule has 130 valence electrons. The van der Waals surface area contributed by atoms with Crippen molar-refractivity contribution in [3.05, 3.63) is 12.7 Å². The van der Waals surface area contributed by atoms with Gasteiger partial charge in [-0.2, -0.15) is 0 Å². The summed E-state index contributed by atoms with van der Waals surface area (Å²) in [5.41, 5.74) is -1.34. The SMILES string of the molecule is C=C[C@]1(C)CC(=O)[C@@H]2[C@@]3(C)CCCC(C)(C)[C@@H]3[C@@H](O)C[C@]2(C)O1. The van der Waals surface area contributed by atoms with Gasteiger partial charge in [-0.3, -0.25) is 4.79 Å². The van der Waals surface area contributed by atoms with Crippen molar-refractivity contribution in [1.82, 2.24) is 0 Å². The first-order chi connectivity index (χ1) is 10.5. The standard InChI is InChI=1S/C20H32O3/c1-7-18(4)11-13(21)16-19(5)10-8-9-17(2,3)15(19)14(22)12-20(16,6)23-18/h7,14-16,22H,1,8-12H2,2-6H3/t14-,15-,16+,18+,19-,20-/m0/s1. The first-order valence-corrected chi connectivity index (χ1v) is 9.02. The molecule has 1 N–H and O–H groups in total. The summed E-state index contributed by atoms with van der Waals surface area (Å²) in [4.78, 5) is 13.2. The molecule has 2 aliphatic carbocycles. The molecular formula is C20H32O3. The van der Waals surface area contributed by atoms with Gasteiger partial charge < -0.3 is 9.84 Å². The second kappa shape index (κ2) is 4.92. The summed E-state index contributed by atoms with van der Waals surface area (Å²) in [6.45, 7) is 14.6. The molecule has 3 rings (SSSR count). The lowest BCUT2D eigenvalue weighted by atomic mass is 9.43. The van der Waals surface area contributed by atoms with E-state index in [0.29, 0.717) is 18.6 Å². The van der Waals surface area contributed by atoms with E-state index in [1.807, 2.05) is 13.8 Å². The second-order valence-corrected chi connectivity index (χ2v) is 9.60. The number of hydrogen-bond donors (Lipinski definition) is 1. The van der Waals surface area contributed by atoms with Gasteiger partial charge in [0.2, 0.25) is 0 Å². The Balaban J connectivity index is 2.08. The zero-order chi connectivity index (χ0) is 17.3. The highest BCUT2D eigenvalue weighted by atomic mass is 16.5. The average molecular weight is 320 g/mol. The van der Waals surface area contributed by atoms with Crippen LogP contribution in [0, 0.1) is 22.7 Å². The van der Waals surface area contributed by atoms with Crippen LogP contribution >= 0.6 is 0 Å². The normalized spacial score (nSPS) is 52.4. The van der Waals surface area contributed by atoms with Crippen molar-refractivity contribution < 1.29 is 14.6 Å². The number of carbonyl (C=O) groups is 1. The zero-order valence-corrected chi connectivity index (χ0v) is 15.3. The van der Waals surface area contributed by atoms with E-state index in [9.17, 15) is 9.90 Å². The monoisotopic (exact) mass is 320 g/mol. The number of aliphatic hydroxyl groups excluding tert-OH is 1. The number of aliphatic hydroxyl groups is 1. The average Bonchev–Trinajstić information content (AvgIpc) is 2.34. The Kier molecular flexibility index (Phi) is 3.67. The number of rotatable bonds is 1. The fourth-order valence-corrected chi connectivity index (χ4v) is 6.70. The Morgan fingerprint density at radius 2 is 1.87 bits per heavy atom. The Morgan fingerprint density at radius 3 is 2.48 bits per heavy atom. The molecule has 3 heteroatoms. The van der Waals surface area contributed by atoms with Crippen molar-refractivity contribution in [2.75, 3.05) is 0 Å². The molecule has 0 unspecified atom stereocenters. The van der Waals surface area contributed by atoms with E-state index in [2.05, 4.69) is 27.4 Å². The van der Waals surface area contributed by atoms with Gasteiger partial charge in [0.05, 0.1) is 23.2 Å². The molecule has 1 heterocycles. The molecule has 0 aromatic heterocycles. The van der Waals surface area contributed by atoms with Gasteiger partial charge in [0.1, 0.15) is 5.78 Å². The predicted octanol–water partition coefficient (Wildman–Crippen LogP) is 3.89. The van der Waals surface area contributed by atoms with Crippen molar-refractivity contribution in [2.45, 2.75) is 84.0 Å². The molecular weight excluding hydrogens is 288 g/mol. The van der Waals surface area contributed by atoms with Gasteiger partial charge >= 0.3 is 0 Å². The number of Topliss-reactive ketones (excluding diaryl/α,β-unsaturated/α-hetero) is 1. The van der Waals surface area contributed by atoms with Crippen LogP contribution in [0.3, 0.4) is 0 Å². The topological polar surface area (TPSA) is 46.5 Å². The van der Waals surface area contributed by atoms with E-state index in [1.165, 1.54) is 0 Å². The van der Waals surface area contributed by atoms with Gasteiger partial charge in [-0.15, -0.1) is 6.58 Å². The van der Waals surface area contributed by atoms with Gasteiger partial charge in [0.25, 0.3) is 0 Å². The summed E-state index contributed by atoms with van der Waals surface area (Å²) in [5, 5.41) is 11.0. The van der Waals surface area contributed by atoms with E-state index in [0.717, 1.165) is 19.3 Å². The van der Waals surface area contributed by atoms with Crippen molar-refractivity contribution in [1.29, 1.82) is 0 Å². The van der Waals surface area contributed by atoms with Gasteiger partial charge in [0.15, 0.2) is 0 Å². The van der Waals surface area contributed by atoms with Crippen LogP contribution in [-0.4, -0.2) is 28.2 Å². The van der Waals surface area contributed by atoms with E-state index in [1.54, 1.807) is 6.08 Å². The molecule has 23 heavy (non-hydrogen) atoms. The van der Waals surface area contributed by atoms with Crippen LogP contribution in [0.15, 0.2) is 12.7 Å². The second-order valence-electron chi connectivity index (χ2n) is 9.60. The summed E-state index contributed by atoms with van der Waals surface area (Å²) in [5.74, 6) is 0.316. The molecule has 6 atom stereocenters. The molecule has 3 nitrogen and oxygen atoms in total. The summed E-state index contributed by atoms with van der Waals surface area (Å²) < 4.78 is 6.44. The smallest absolute Gasteiger partial charge is 0.142 e. The molecule has 1 saturated heterocycles. The summed E-state index contributed by atoms with van der Waals surface area (Å²) in [6, 6.07) is 0. The molecule has 0 aromatic carbocycles. The number of ether oxygens (including phenoxy) is 1. The minimum absolute atomic E-state index is 0.0627. The van der Waals surface area contributed by atoms with Crippen LogP contribution in [0.2, 0.25) is 0 Å². The highest BCUT2D eigenvalue weighted by molar-refractivity contribution is 5.85. The van der Waals surface area contributed by atoms with Crippen LogP contribution in [0.5, 0.6) is 0 Å². The molecule has 3 aliphatic rings. The molecule has 0 radical (unpaired) electrons. The molecule has 0 spiro atoms. The number of carbonyl (C=O) groups excluding carboxylic acids is 1. The lowest BCUT2D eigenvalue weighted by Gasteiger charge is -2.65. The van der Waals surface area contributed by atoms with E-state index < -0.39 is 17.3 Å². The fourth-order valence-electron chi connectivity index (χ4n) is 6.70. The third kappa shape index (κ3) is 2.34. The van der Waals surface area contributed by atoms with Crippen LogP contribution in [0.25, 0.3) is 0 Å². The summed E-state index contributed by atoms with van der Waals surface area (Å²) in [6.07, 6.45) is 5.50. The number of fused-ring (bicyclic) bond motifs is 3. The third-order valence-electron chi connectivity index (χ3n) is 7.10. The maximum atomic E-state index is 13.2. The van der Waals surface area contributed by atoms with Gasteiger partial charge in [0, 0.05) is 12.8 Å². The minimum Gasteiger partial charge on any atom is -0.393 e. The third-order valence-corrected chi connectivity index (χ3v) is 7.10. The molecule has 2 saturated carbocycles. The lowest BCUT2D eigenvalue weighted by Crippen LogP contribution is -2.69. The van der Waals surface area contributed by atoms with Gasteiger partial charge in [-0.25, -0.2) is 0 Å². The molecule has 1 aliphatic heterocycles. The molecule has 0 amide bonds. The Labute approximate surface area is 140 Å².